The molecule has 1 aromatic rings. The fraction of sp³-hybridized carbons (Fsp3) is 0.500. The Bertz CT molecular complexity index is 597. The van der Waals surface area contributed by atoms with Gasteiger partial charge in [-0.25, -0.2) is 8.42 Å². The summed E-state index contributed by atoms with van der Waals surface area (Å²) >= 11 is 0. The quantitative estimate of drug-likeness (QED) is 0.491. The third-order valence-corrected chi connectivity index (χ3v) is 5.25. The minimum Gasteiger partial charge on any atom is -0.399 e. The van der Waals surface area contributed by atoms with Crippen molar-refractivity contribution in [1.29, 1.82) is 0 Å². The minimum atomic E-state index is -3.92. The molecule has 0 heterocycles. The van der Waals surface area contributed by atoms with Crippen molar-refractivity contribution in [2.24, 2.45) is 0 Å². The van der Waals surface area contributed by atoms with Crippen LogP contribution in [0.2, 0.25) is 0 Å². The van der Waals surface area contributed by atoms with Gasteiger partial charge in [-0.15, -0.1) is 0 Å². The van der Waals surface area contributed by atoms with Crippen LogP contribution < -0.4 is 5.73 Å². The van der Waals surface area contributed by atoms with Gasteiger partial charge in [-0.1, -0.05) is 13.8 Å². The molecule has 20 heavy (non-hydrogen) atoms. The number of nitrogens with zero attached hydrogens (tertiary/aromatic N) is 2. The van der Waals surface area contributed by atoms with E-state index in [-0.39, 0.29) is 16.6 Å². The molecule has 1 aromatic carbocycles. The van der Waals surface area contributed by atoms with Crippen LogP contribution in [0.5, 0.6) is 0 Å². The van der Waals surface area contributed by atoms with Crippen LogP contribution in [0.1, 0.15) is 26.7 Å². The molecule has 0 amide bonds. The second-order valence-electron chi connectivity index (χ2n) is 4.48. The molecule has 2 N–H and O–H groups in total. The lowest BCUT2D eigenvalue weighted by Crippen LogP contribution is -2.36. The van der Waals surface area contributed by atoms with Gasteiger partial charge in [-0.2, -0.15) is 4.31 Å². The normalized spacial score (nSPS) is 12.1. The fourth-order valence-corrected chi connectivity index (χ4v) is 3.69. The summed E-state index contributed by atoms with van der Waals surface area (Å²) in [5.41, 5.74) is 5.14. The molecule has 0 atom stereocenters. The molecule has 0 aliphatic carbocycles. The van der Waals surface area contributed by atoms with E-state index in [9.17, 15) is 18.5 Å². The van der Waals surface area contributed by atoms with E-state index in [4.69, 9.17) is 5.73 Å². The van der Waals surface area contributed by atoms with E-state index < -0.39 is 20.6 Å². The van der Waals surface area contributed by atoms with Gasteiger partial charge in [0.15, 0.2) is 4.90 Å². The van der Waals surface area contributed by atoms with Crippen LogP contribution in [0.4, 0.5) is 11.4 Å². The van der Waals surface area contributed by atoms with Gasteiger partial charge < -0.3 is 5.73 Å². The molecular formula is C12H19N3O4S. The Morgan fingerprint density at radius 3 is 2.35 bits per heavy atom. The smallest absolute Gasteiger partial charge is 0.291 e. The molecule has 0 aromatic heterocycles. The molecule has 0 saturated heterocycles. The Labute approximate surface area is 118 Å². The van der Waals surface area contributed by atoms with E-state index >= 15 is 0 Å². The first-order valence-electron chi connectivity index (χ1n) is 6.27. The van der Waals surface area contributed by atoms with E-state index in [1.807, 2.05) is 13.8 Å². The zero-order valence-corrected chi connectivity index (χ0v) is 12.6. The van der Waals surface area contributed by atoms with Crippen LogP contribution >= 0.6 is 0 Å². The monoisotopic (exact) mass is 301 g/mol. The fourth-order valence-electron chi connectivity index (χ4n) is 2.05. The Morgan fingerprint density at radius 2 is 1.90 bits per heavy atom. The Balaban J connectivity index is 3.39. The van der Waals surface area contributed by atoms with Gasteiger partial charge >= 0.3 is 0 Å². The van der Waals surface area contributed by atoms with Gasteiger partial charge in [0.25, 0.3) is 5.69 Å². The zero-order valence-electron chi connectivity index (χ0n) is 11.7. The highest BCUT2D eigenvalue weighted by Crippen LogP contribution is 2.29. The standard InChI is InChI=1S/C12H19N3O4S/c1-4-10(5-2)14(3)20(18,19)12-7-6-9(13)8-11(12)15(16)17/h6-8,10H,4-5,13H2,1-3H3. The van der Waals surface area contributed by atoms with Gasteiger partial charge in [0, 0.05) is 24.8 Å². The van der Waals surface area contributed by atoms with Crippen LogP contribution in [-0.2, 0) is 10.0 Å². The summed E-state index contributed by atoms with van der Waals surface area (Å²) in [6, 6.07) is 3.40. The van der Waals surface area contributed by atoms with Crippen LogP contribution in [0.25, 0.3) is 0 Å². The number of anilines is 1. The summed E-state index contributed by atoms with van der Waals surface area (Å²) in [4.78, 5) is 9.96. The SMILES string of the molecule is CCC(CC)N(C)S(=O)(=O)c1ccc(N)cc1[N+](=O)[O-]. The van der Waals surface area contributed by atoms with Crippen molar-refractivity contribution in [1.82, 2.24) is 4.31 Å². The maximum absolute atomic E-state index is 12.5. The van der Waals surface area contributed by atoms with E-state index in [0.717, 1.165) is 6.07 Å². The molecule has 0 saturated carbocycles. The maximum Gasteiger partial charge on any atom is 0.291 e. The molecule has 0 aliphatic heterocycles. The molecule has 1 rings (SSSR count). The largest absolute Gasteiger partial charge is 0.399 e. The number of nitro benzene ring substituents is 1. The van der Waals surface area contributed by atoms with Crippen molar-refractivity contribution < 1.29 is 13.3 Å². The van der Waals surface area contributed by atoms with Gasteiger partial charge in [-0.05, 0) is 25.0 Å². The highest BCUT2D eigenvalue weighted by atomic mass is 32.2. The Kier molecular flexibility index (Phi) is 5.07. The van der Waals surface area contributed by atoms with Crippen molar-refractivity contribution in [3.63, 3.8) is 0 Å². The van der Waals surface area contributed by atoms with E-state index in [1.54, 1.807) is 0 Å². The number of hydrogen-bond acceptors (Lipinski definition) is 5. The average Bonchev–Trinajstić information content (AvgIpc) is 2.39. The number of nitro groups is 1. The maximum atomic E-state index is 12.5. The van der Waals surface area contributed by atoms with E-state index in [2.05, 4.69) is 0 Å². The number of sulfonamides is 1. The van der Waals surface area contributed by atoms with E-state index in [1.165, 1.54) is 23.5 Å². The second-order valence-corrected chi connectivity index (χ2v) is 6.44. The Morgan fingerprint density at radius 1 is 1.35 bits per heavy atom. The highest BCUT2D eigenvalue weighted by Gasteiger charge is 2.32. The zero-order chi connectivity index (χ0) is 15.5. The van der Waals surface area contributed by atoms with Crippen LogP contribution in [-0.4, -0.2) is 30.7 Å². The summed E-state index contributed by atoms with van der Waals surface area (Å²) in [5.74, 6) is 0. The van der Waals surface area contributed by atoms with Gasteiger partial charge in [0.2, 0.25) is 10.0 Å². The molecule has 0 fully saturated rings. The lowest BCUT2D eigenvalue weighted by molar-refractivity contribution is -0.387. The predicted octanol–water partition coefficient (Wildman–Crippen LogP) is 1.99. The summed E-state index contributed by atoms with van der Waals surface area (Å²) in [6.45, 7) is 3.75. The summed E-state index contributed by atoms with van der Waals surface area (Å²) in [5, 5.41) is 11.0. The third kappa shape index (κ3) is 3.07. The number of hydrogen-bond donors (Lipinski definition) is 1. The summed E-state index contributed by atoms with van der Waals surface area (Å²) in [7, 11) is -2.48. The molecule has 0 radical (unpaired) electrons. The van der Waals surface area contributed by atoms with Crippen LogP contribution in [0, 0.1) is 10.1 Å². The van der Waals surface area contributed by atoms with Crippen molar-refractivity contribution >= 4 is 21.4 Å². The van der Waals surface area contributed by atoms with Gasteiger partial charge in [0.1, 0.15) is 0 Å². The molecule has 0 bridgehead atoms. The summed E-state index contributed by atoms with van der Waals surface area (Å²) in [6.07, 6.45) is 1.27. The number of nitrogen functional groups attached to an aromatic ring is 1. The summed E-state index contributed by atoms with van der Waals surface area (Å²) < 4.78 is 26.2. The van der Waals surface area contributed by atoms with Crippen molar-refractivity contribution in [2.75, 3.05) is 12.8 Å². The van der Waals surface area contributed by atoms with Crippen LogP contribution in [0.3, 0.4) is 0 Å². The Hall–Kier alpha value is -1.67. The lowest BCUT2D eigenvalue weighted by Gasteiger charge is -2.25. The lowest BCUT2D eigenvalue weighted by atomic mass is 10.2. The number of rotatable bonds is 6. The first-order valence-corrected chi connectivity index (χ1v) is 7.71. The van der Waals surface area contributed by atoms with Crippen molar-refractivity contribution in [3.8, 4) is 0 Å². The highest BCUT2D eigenvalue weighted by molar-refractivity contribution is 7.89. The number of benzene rings is 1. The molecular weight excluding hydrogens is 282 g/mol. The molecule has 7 nitrogen and oxygen atoms in total. The van der Waals surface area contributed by atoms with Crippen LogP contribution in [0.15, 0.2) is 23.1 Å². The second kappa shape index (κ2) is 6.19. The van der Waals surface area contributed by atoms with Crippen molar-refractivity contribution in [3.05, 3.63) is 28.3 Å². The van der Waals surface area contributed by atoms with Gasteiger partial charge in [0.05, 0.1) is 4.92 Å². The molecule has 0 aliphatic rings. The predicted molar refractivity (Wildman–Crippen MR) is 76.8 cm³/mol. The molecule has 0 spiro atoms. The topological polar surface area (TPSA) is 107 Å². The first kappa shape index (κ1) is 16.4. The molecule has 112 valence electrons. The third-order valence-electron chi connectivity index (χ3n) is 3.29. The van der Waals surface area contributed by atoms with Gasteiger partial charge in [-0.3, -0.25) is 10.1 Å². The molecule has 0 unspecified atom stereocenters. The first-order chi connectivity index (χ1) is 9.25. The molecule has 8 heteroatoms. The van der Waals surface area contributed by atoms with E-state index in [0.29, 0.717) is 12.8 Å². The average molecular weight is 301 g/mol. The van der Waals surface area contributed by atoms with Crippen molar-refractivity contribution in [2.45, 2.75) is 37.6 Å². The number of nitrogens with two attached hydrogens (primary N) is 1. The minimum absolute atomic E-state index is 0.154.